The monoisotopic (exact) mass is 578 g/mol. The second-order valence-electron chi connectivity index (χ2n) is 12.4. The summed E-state index contributed by atoms with van der Waals surface area (Å²) in [5, 5.41) is 20.0. The SMILES string of the molecule is C=C(SCC#CC)C1(C)CCC2C3CCC4=CC(=O)C=CC4(C)C3C(O)CC21C.CC.CC.CC(C)(C)O.CF. The molecule has 4 aliphatic carbocycles. The van der Waals surface area contributed by atoms with Gasteiger partial charge in [0.2, 0.25) is 0 Å². The highest BCUT2D eigenvalue weighted by Crippen LogP contribution is 2.71. The Kier molecular flexibility index (Phi) is 15.8. The van der Waals surface area contributed by atoms with Crippen molar-refractivity contribution in [2.45, 2.75) is 120 Å². The molecule has 0 aromatic carbocycles. The van der Waals surface area contributed by atoms with Gasteiger partial charge < -0.3 is 10.2 Å². The van der Waals surface area contributed by atoms with Gasteiger partial charge in [0.25, 0.3) is 0 Å². The van der Waals surface area contributed by atoms with E-state index < -0.39 is 5.60 Å². The van der Waals surface area contributed by atoms with Gasteiger partial charge in [-0.1, -0.05) is 72.6 Å². The Morgan fingerprint density at radius 1 is 1.15 bits per heavy atom. The van der Waals surface area contributed by atoms with Crippen LogP contribution in [0.4, 0.5) is 4.39 Å². The number of hydrogen-bond donors (Lipinski definition) is 2. The van der Waals surface area contributed by atoms with Crippen LogP contribution in [-0.4, -0.2) is 40.6 Å². The number of carbonyl (C=O) groups excluding carboxylic acids is 1. The first kappa shape index (κ1) is 38.6. The first-order valence-corrected chi connectivity index (χ1v) is 16.1. The van der Waals surface area contributed by atoms with Crippen LogP contribution < -0.4 is 0 Å². The van der Waals surface area contributed by atoms with Crippen molar-refractivity contribution in [3.05, 3.63) is 35.3 Å². The molecule has 4 aliphatic rings. The van der Waals surface area contributed by atoms with Crippen molar-refractivity contribution in [2.75, 3.05) is 12.9 Å². The summed E-state index contributed by atoms with van der Waals surface area (Å²) >= 11 is 1.79. The van der Waals surface area contributed by atoms with Gasteiger partial charge in [-0.05, 0) is 94.1 Å². The van der Waals surface area contributed by atoms with E-state index in [0.29, 0.717) is 19.0 Å². The number of carbonyl (C=O) groups is 1. The first-order chi connectivity index (χ1) is 18.7. The number of thioether (sulfide) groups is 1. The highest BCUT2D eigenvalue weighted by atomic mass is 32.2. The lowest BCUT2D eigenvalue weighted by molar-refractivity contribution is -0.126. The van der Waals surface area contributed by atoms with Crippen molar-refractivity contribution < 1.29 is 19.4 Å². The van der Waals surface area contributed by atoms with Gasteiger partial charge in [-0.3, -0.25) is 9.18 Å². The summed E-state index contributed by atoms with van der Waals surface area (Å²) in [5.41, 5.74) is 0.633. The molecule has 0 aliphatic heterocycles. The predicted octanol–water partition coefficient (Wildman–Crippen LogP) is 8.96. The summed E-state index contributed by atoms with van der Waals surface area (Å²) in [6.45, 7) is 26.6. The number of ketones is 1. The number of fused-ring (bicyclic) bond motifs is 5. The van der Waals surface area contributed by atoms with E-state index in [4.69, 9.17) is 5.11 Å². The summed E-state index contributed by atoms with van der Waals surface area (Å²) in [6, 6.07) is 0. The molecule has 0 bridgehead atoms. The number of allylic oxidation sites excluding steroid dienone is 5. The van der Waals surface area contributed by atoms with Crippen molar-refractivity contribution in [3.63, 3.8) is 0 Å². The summed E-state index contributed by atoms with van der Waals surface area (Å²) in [5.74, 6) is 8.34. The Balaban J connectivity index is 0.00000121. The van der Waals surface area contributed by atoms with Crippen LogP contribution in [0, 0.1) is 45.8 Å². The molecule has 7 unspecified atom stereocenters. The van der Waals surface area contributed by atoms with E-state index in [1.54, 1.807) is 38.6 Å². The van der Waals surface area contributed by atoms with Crippen molar-refractivity contribution >= 4 is 17.5 Å². The third-order valence-corrected chi connectivity index (χ3v) is 10.3. The zero-order valence-electron chi connectivity index (χ0n) is 27.6. The Morgan fingerprint density at radius 3 is 2.23 bits per heavy atom. The molecule has 0 heterocycles. The number of halogens is 1. The van der Waals surface area contributed by atoms with Gasteiger partial charge in [0, 0.05) is 16.7 Å². The molecule has 40 heavy (non-hydrogen) atoms. The first-order valence-electron chi connectivity index (χ1n) is 15.1. The summed E-state index contributed by atoms with van der Waals surface area (Å²) < 4.78 is 9.50. The van der Waals surface area contributed by atoms with Crippen LogP contribution in [0.3, 0.4) is 0 Å². The molecular weight excluding hydrogens is 519 g/mol. The quantitative estimate of drug-likeness (QED) is 0.328. The number of alkyl halides is 1. The number of aliphatic hydroxyl groups is 2. The smallest absolute Gasteiger partial charge is 0.178 e. The van der Waals surface area contributed by atoms with Crippen LogP contribution in [0.15, 0.2) is 35.3 Å². The van der Waals surface area contributed by atoms with E-state index in [9.17, 15) is 14.3 Å². The third kappa shape index (κ3) is 8.36. The fraction of sp³-hybridized carbons (Fsp3) is 0.743. The molecule has 0 saturated heterocycles. The third-order valence-electron chi connectivity index (χ3n) is 9.21. The molecule has 2 N–H and O–H groups in total. The molecule has 3 nitrogen and oxygen atoms in total. The number of rotatable bonds is 3. The van der Waals surface area contributed by atoms with E-state index in [0.717, 1.165) is 31.4 Å². The van der Waals surface area contributed by atoms with Crippen LogP contribution in [0.5, 0.6) is 0 Å². The van der Waals surface area contributed by atoms with Crippen molar-refractivity contribution in [2.24, 2.45) is 34.0 Å². The van der Waals surface area contributed by atoms with Crippen LogP contribution in [0.2, 0.25) is 0 Å². The van der Waals surface area contributed by atoms with Crippen LogP contribution in [0.25, 0.3) is 0 Å². The number of aliphatic hydroxyl groups excluding tert-OH is 1. The van der Waals surface area contributed by atoms with Crippen molar-refractivity contribution in [3.8, 4) is 11.8 Å². The van der Waals surface area contributed by atoms with Crippen LogP contribution >= 0.6 is 11.8 Å². The Labute approximate surface area is 250 Å². The molecule has 4 rings (SSSR count). The van der Waals surface area contributed by atoms with Gasteiger partial charge in [-0.15, -0.1) is 17.7 Å². The summed E-state index contributed by atoms with van der Waals surface area (Å²) in [4.78, 5) is 13.2. The van der Waals surface area contributed by atoms with E-state index in [2.05, 4.69) is 45.3 Å². The van der Waals surface area contributed by atoms with Crippen molar-refractivity contribution in [1.29, 1.82) is 0 Å². The van der Waals surface area contributed by atoms with E-state index >= 15 is 0 Å². The minimum Gasteiger partial charge on any atom is -0.393 e. The Hall–Kier alpha value is -1.35. The lowest BCUT2D eigenvalue weighted by Gasteiger charge is -2.60. The lowest BCUT2D eigenvalue weighted by atomic mass is 9.45. The number of hydrogen-bond acceptors (Lipinski definition) is 4. The summed E-state index contributed by atoms with van der Waals surface area (Å²) in [6.07, 6.45) is 10.5. The molecule has 0 aromatic heterocycles. The molecule has 3 fully saturated rings. The zero-order valence-corrected chi connectivity index (χ0v) is 28.4. The molecule has 3 saturated carbocycles. The Morgan fingerprint density at radius 2 is 1.70 bits per heavy atom. The molecule has 0 aromatic rings. The molecule has 0 radical (unpaired) electrons. The maximum Gasteiger partial charge on any atom is 0.178 e. The highest BCUT2D eigenvalue weighted by Gasteiger charge is 2.65. The van der Waals surface area contributed by atoms with Crippen LogP contribution in [0.1, 0.15) is 108 Å². The fourth-order valence-corrected chi connectivity index (χ4v) is 8.43. The maximum absolute atomic E-state index is 12.0. The lowest BCUT2D eigenvalue weighted by Crippen LogP contribution is -2.57. The maximum atomic E-state index is 12.0. The van der Waals surface area contributed by atoms with Crippen LogP contribution in [-0.2, 0) is 4.79 Å². The van der Waals surface area contributed by atoms with Gasteiger partial charge >= 0.3 is 0 Å². The molecule has 0 spiro atoms. The van der Waals surface area contributed by atoms with E-state index in [1.807, 2.05) is 40.7 Å². The molecular formula is C35H59FO3S. The minimum absolute atomic E-state index is 0.0269. The average Bonchev–Trinajstić information content (AvgIpc) is 3.18. The molecule has 5 heteroatoms. The molecule has 7 atom stereocenters. The highest BCUT2D eigenvalue weighted by molar-refractivity contribution is 8.03. The van der Waals surface area contributed by atoms with E-state index in [-0.39, 0.29) is 34.1 Å². The topological polar surface area (TPSA) is 57.5 Å². The molecule has 0 amide bonds. The normalized spacial score (nSPS) is 34.9. The second kappa shape index (κ2) is 16.3. The minimum atomic E-state index is -0.500. The predicted molar refractivity (Wildman–Crippen MR) is 173 cm³/mol. The Bertz CT molecular complexity index is 946. The van der Waals surface area contributed by atoms with E-state index in [1.165, 1.54) is 16.9 Å². The van der Waals surface area contributed by atoms with Gasteiger partial charge in [-0.2, -0.15) is 0 Å². The zero-order chi connectivity index (χ0) is 31.5. The second-order valence-corrected chi connectivity index (χ2v) is 13.5. The van der Waals surface area contributed by atoms with Gasteiger partial charge in [-0.25, -0.2) is 0 Å². The largest absolute Gasteiger partial charge is 0.393 e. The average molecular weight is 579 g/mol. The van der Waals surface area contributed by atoms with Gasteiger partial charge in [0.15, 0.2) is 5.78 Å². The van der Waals surface area contributed by atoms with Gasteiger partial charge in [0.05, 0.1) is 24.6 Å². The van der Waals surface area contributed by atoms with Crippen molar-refractivity contribution in [1.82, 2.24) is 0 Å². The molecule has 230 valence electrons. The standard InChI is InChI=1S/C26H34O2S.C4H10O.2C2H6.CH3F/c1-6-7-14-29-17(2)25(4)13-11-21-20-9-8-18-15-19(27)10-12-24(18,3)23(20)22(28)16-26(21,25)5;1-4(2,3)5;3*1-2/h10,12,15,20-23,28H,2,8-9,11,13-14,16H2,1,3-5H3;5H,1-3H3;2*1-2H3;1H3. The fourth-order valence-electron chi connectivity index (χ4n) is 7.38. The summed E-state index contributed by atoms with van der Waals surface area (Å²) in [7, 11) is 0.500. The van der Waals surface area contributed by atoms with Gasteiger partial charge in [0.1, 0.15) is 0 Å².